The van der Waals surface area contributed by atoms with Crippen molar-refractivity contribution in [3.05, 3.63) is 52.5 Å². The number of carbonyl (C=O) groups excluding carboxylic acids is 1. The van der Waals surface area contributed by atoms with Crippen LogP contribution in [0.15, 0.2) is 47.4 Å². The van der Waals surface area contributed by atoms with Crippen LogP contribution in [0.5, 0.6) is 0 Å². The maximum absolute atomic E-state index is 11.8. The van der Waals surface area contributed by atoms with Crippen molar-refractivity contribution in [1.82, 2.24) is 0 Å². The van der Waals surface area contributed by atoms with Gasteiger partial charge in [0.25, 0.3) is 0 Å². The van der Waals surface area contributed by atoms with Gasteiger partial charge in [-0.25, -0.2) is 0 Å². The van der Waals surface area contributed by atoms with E-state index >= 15 is 0 Å². The Kier molecular flexibility index (Phi) is 5.79. The highest BCUT2D eigenvalue weighted by atomic mass is 35.5. The average molecular weight is 341 g/mol. The van der Waals surface area contributed by atoms with E-state index in [2.05, 4.69) is 5.32 Å². The first-order chi connectivity index (χ1) is 10.0. The van der Waals surface area contributed by atoms with Crippen LogP contribution in [0.25, 0.3) is 0 Å². The van der Waals surface area contributed by atoms with Gasteiger partial charge >= 0.3 is 0 Å². The number of halogens is 2. The molecule has 0 aliphatic rings. The second-order valence-corrected chi connectivity index (χ2v) is 6.41. The van der Waals surface area contributed by atoms with Crippen molar-refractivity contribution in [3.63, 3.8) is 0 Å². The minimum atomic E-state index is -0.0729. The van der Waals surface area contributed by atoms with Gasteiger partial charge in [0, 0.05) is 38.5 Å². The fourth-order valence-corrected chi connectivity index (χ4v) is 3.05. The number of nitrogens with one attached hydrogen (secondary N) is 1. The molecule has 3 nitrogen and oxygen atoms in total. The summed E-state index contributed by atoms with van der Waals surface area (Å²) >= 11 is 13.4. The largest absolute Gasteiger partial charge is 0.399 e. The van der Waals surface area contributed by atoms with Crippen LogP contribution in [-0.4, -0.2) is 11.7 Å². The number of amides is 1. The maximum atomic E-state index is 11.8. The molecule has 2 aromatic carbocycles. The summed E-state index contributed by atoms with van der Waals surface area (Å²) in [6.07, 6.45) is 0.402. The second-order valence-electron chi connectivity index (χ2n) is 4.37. The number of carbonyl (C=O) groups is 1. The zero-order chi connectivity index (χ0) is 15.2. The number of benzene rings is 2. The summed E-state index contributed by atoms with van der Waals surface area (Å²) in [7, 11) is 0. The number of nitrogen functional groups attached to an aromatic ring is 1. The molecular formula is C15H14Cl2N2OS. The third-order valence-electron chi connectivity index (χ3n) is 2.62. The Morgan fingerprint density at radius 3 is 2.33 bits per heavy atom. The van der Waals surface area contributed by atoms with Gasteiger partial charge in [0.15, 0.2) is 0 Å². The lowest BCUT2D eigenvalue weighted by atomic mass is 10.3. The van der Waals surface area contributed by atoms with Crippen LogP contribution in [0.2, 0.25) is 10.0 Å². The molecular weight excluding hydrogens is 327 g/mol. The highest BCUT2D eigenvalue weighted by Gasteiger charge is 2.05. The zero-order valence-electron chi connectivity index (χ0n) is 11.1. The van der Waals surface area contributed by atoms with Gasteiger partial charge in [-0.2, -0.15) is 0 Å². The standard InChI is InChI=1S/C15H14Cl2N2OS/c16-10-7-11(17)9-13(8-10)19-15(20)5-6-21-14-3-1-12(18)2-4-14/h1-4,7-9H,5-6,18H2,(H,19,20). The van der Waals surface area contributed by atoms with Crippen LogP contribution in [0.4, 0.5) is 11.4 Å². The van der Waals surface area contributed by atoms with Crippen molar-refractivity contribution in [2.45, 2.75) is 11.3 Å². The maximum Gasteiger partial charge on any atom is 0.225 e. The molecule has 0 fully saturated rings. The van der Waals surface area contributed by atoms with Gasteiger partial charge in [0.2, 0.25) is 5.91 Å². The van der Waals surface area contributed by atoms with E-state index in [9.17, 15) is 4.79 Å². The Labute approximate surface area is 137 Å². The number of nitrogens with two attached hydrogens (primary N) is 1. The Morgan fingerprint density at radius 1 is 1.10 bits per heavy atom. The van der Waals surface area contributed by atoms with Crippen LogP contribution in [0.3, 0.4) is 0 Å². The Balaban J connectivity index is 1.80. The summed E-state index contributed by atoms with van der Waals surface area (Å²) in [5.74, 6) is 0.612. The normalized spacial score (nSPS) is 10.4. The summed E-state index contributed by atoms with van der Waals surface area (Å²) in [5, 5.41) is 3.77. The van der Waals surface area contributed by atoms with E-state index in [1.165, 1.54) is 0 Å². The molecule has 2 rings (SSSR count). The van der Waals surface area contributed by atoms with Crippen LogP contribution in [0.1, 0.15) is 6.42 Å². The van der Waals surface area contributed by atoms with Gasteiger partial charge in [-0.3, -0.25) is 4.79 Å². The van der Waals surface area contributed by atoms with Crippen molar-refractivity contribution in [2.75, 3.05) is 16.8 Å². The fourth-order valence-electron chi connectivity index (χ4n) is 1.68. The minimum absolute atomic E-state index is 0.0729. The molecule has 0 spiro atoms. The predicted octanol–water partition coefficient (Wildman–Crippen LogP) is 4.70. The first kappa shape index (κ1) is 16.0. The molecule has 0 saturated heterocycles. The van der Waals surface area contributed by atoms with Gasteiger partial charge < -0.3 is 11.1 Å². The van der Waals surface area contributed by atoms with Crippen molar-refractivity contribution in [1.29, 1.82) is 0 Å². The van der Waals surface area contributed by atoms with Crippen LogP contribution >= 0.6 is 35.0 Å². The number of hydrogen-bond acceptors (Lipinski definition) is 3. The first-order valence-corrected chi connectivity index (χ1v) is 8.01. The van der Waals surface area contributed by atoms with Gasteiger partial charge in [-0.15, -0.1) is 11.8 Å². The Hall–Kier alpha value is -1.36. The van der Waals surface area contributed by atoms with E-state index in [1.807, 2.05) is 24.3 Å². The lowest BCUT2D eigenvalue weighted by Gasteiger charge is -2.06. The predicted molar refractivity (Wildman–Crippen MR) is 91.3 cm³/mol. The molecule has 0 aliphatic heterocycles. The molecule has 0 heterocycles. The number of rotatable bonds is 5. The van der Waals surface area contributed by atoms with Crippen molar-refractivity contribution < 1.29 is 4.79 Å². The molecule has 6 heteroatoms. The summed E-state index contributed by atoms with van der Waals surface area (Å²) in [4.78, 5) is 12.9. The number of anilines is 2. The molecule has 1 amide bonds. The second kappa shape index (κ2) is 7.59. The third kappa shape index (κ3) is 5.50. The van der Waals surface area contributed by atoms with E-state index in [1.54, 1.807) is 30.0 Å². The van der Waals surface area contributed by atoms with Crippen molar-refractivity contribution in [3.8, 4) is 0 Å². The van der Waals surface area contributed by atoms with Gasteiger partial charge in [0.1, 0.15) is 0 Å². The Bertz CT molecular complexity index is 612. The highest BCUT2D eigenvalue weighted by Crippen LogP contribution is 2.23. The molecule has 110 valence electrons. The van der Waals surface area contributed by atoms with E-state index < -0.39 is 0 Å². The molecule has 0 aromatic heterocycles. The summed E-state index contributed by atoms with van der Waals surface area (Å²) in [6, 6.07) is 12.5. The van der Waals surface area contributed by atoms with Crippen LogP contribution < -0.4 is 11.1 Å². The van der Waals surface area contributed by atoms with Gasteiger partial charge in [0.05, 0.1) is 0 Å². The molecule has 3 N–H and O–H groups in total. The third-order valence-corrected chi connectivity index (χ3v) is 4.07. The monoisotopic (exact) mass is 340 g/mol. The zero-order valence-corrected chi connectivity index (χ0v) is 13.4. The van der Waals surface area contributed by atoms with E-state index in [-0.39, 0.29) is 5.91 Å². The highest BCUT2D eigenvalue weighted by molar-refractivity contribution is 7.99. The van der Waals surface area contributed by atoms with Gasteiger partial charge in [-0.1, -0.05) is 23.2 Å². The lowest BCUT2D eigenvalue weighted by Crippen LogP contribution is -2.12. The van der Waals surface area contributed by atoms with Crippen molar-refractivity contribution in [2.24, 2.45) is 0 Å². The summed E-state index contributed by atoms with van der Waals surface area (Å²) in [6.45, 7) is 0. The number of thioether (sulfide) groups is 1. The molecule has 0 atom stereocenters. The number of hydrogen-bond donors (Lipinski definition) is 2. The molecule has 0 aliphatic carbocycles. The van der Waals surface area contributed by atoms with E-state index in [0.29, 0.717) is 27.9 Å². The minimum Gasteiger partial charge on any atom is -0.399 e. The quantitative estimate of drug-likeness (QED) is 0.612. The Morgan fingerprint density at radius 2 is 1.71 bits per heavy atom. The van der Waals surface area contributed by atoms with Crippen molar-refractivity contribution >= 4 is 52.2 Å². The van der Waals surface area contributed by atoms with E-state index in [4.69, 9.17) is 28.9 Å². The van der Waals surface area contributed by atoms with Crippen LogP contribution in [0, 0.1) is 0 Å². The van der Waals surface area contributed by atoms with Crippen LogP contribution in [-0.2, 0) is 4.79 Å². The smallest absolute Gasteiger partial charge is 0.225 e. The average Bonchev–Trinajstić information content (AvgIpc) is 2.39. The summed E-state index contributed by atoms with van der Waals surface area (Å²) in [5.41, 5.74) is 6.96. The molecule has 21 heavy (non-hydrogen) atoms. The SMILES string of the molecule is Nc1ccc(SCCC(=O)Nc2cc(Cl)cc(Cl)c2)cc1. The van der Waals surface area contributed by atoms with Gasteiger partial charge in [-0.05, 0) is 42.5 Å². The molecule has 0 saturated carbocycles. The molecule has 0 unspecified atom stereocenters. The van der Waals surface area contributed by atoms with E-state index in [0.717, 1.165) is 10.6 Å². The first-order valence-electron chi connectivity index (χ1n) is 6.27. The summed E-state index contributed by atoms with van der Waals surface area (Å²) < 4.78 is 0. The molecule has 0 radical (unpaired) electrons. The molecule has 0 bridgehead atoms. The molecule has 2 aromatic rings. The topological polar surface area (TPSA) is 55.1 Å². The fraction of sp³-hybridized carbons (Fsp3) is 0.133. The lowest BCUT2D eigenvalue weighted by molar-refractivity contribution is -0.115.